The topological polar surface area (TPSA) is 99.6 Å². The van der Waals surface area contributed by atoms with Gasteiger partial charge in [0.1, 0.15) is 21.8 Å². The lowest BCUT2D eigenvalue weighted by Crippen LogP contribution is -2.17. The summed E-state index contributed by atoms with van der Waals surface area (Å²) in [6, 6.07) is 17.5. The van der Waals surface area contributed by atoms with Gasteiger partial charge in [-0.25, -0.2) is 13.2 Å². The zero-order chi connectivity index (χ0) is 19.9. The number of nitrogens with two attached hydrogens (primary N) is 1. The molecule has 7 heteroatoms. The molecule has 2 N–H and O–H groups in total. The van der Waals surface area contributed by atoms with E-state index < -0.39 is 26.3 Å². The zero-order valence-electron chi connectivity index (χ0n) is 15.2. The average molecular weight is 397 g/mol. The zero-order valence-corrected chi connectivity index (χ0v) is 16.0. The minimum absolute atomic E-state index is 0.00675. The summed E-state index contributed by atoms with van der Waals surface area (Å²) < 4.78 is 38.0. The fourth-order valence-electron chi connectivity index (χ4n) is 3.75. The predicted molar refractivity (Wildman–Crippen MR) is 105 cm³/mol. The number of carbonyl (C=O) groups is 1. The Morgan fingerprint density at radius 1 is 1.00 bits per heavy atom. The monoisotopic (exact) mass is 397 g/mol. The number of ether oxygens (including phenoxy) is 1. The first-order valence-corrected chi connectivity index (χ1v) is 10.5. The van der Waals surface area contributed by atoms with Gasteiger partial charge in [0.05, 0.1) is 6.61 Å². The lowest BCUT2D eigenvalue weighted by Gasteiger charge is -2.16. The largest absolute Gasteiger partial charge is 0.462 e. The quantitative estimate of drug-likeness (QED) is 0.675. The maximum atomic E-state index is 13.6. The average Bonchev–Trinajstić information content (AvgIpc) is 3.10. The van der Waals surface area contributed by atoms with Crippen molar-refractivity contribution in [3.8, 4) is 0 Å². The molecule has 0 saturated carbocycles. The van der Waals surface area contributed by atoms with Crippen LogP contribution in [0.5, 0.6) is 0 Å². The van der Waals surface area contributed by atoms with Gasteiger partial charge in [-0.15, -0.1) is 0 Å². The van der Waals surface area contributed by atoms with E-state index in [1.165, 1.54) is 0 Å². The number of anilines is 1. The van der Waals surface area contributed by atoms with E-state index >= 15 is 0 Å². The van der Waals surface area contributed by atoms with Gasteiger partial charge in [-0.1, -0.05) is 60.7 Å². The van der Waals surface area contributed by atoms with E-state index in [4.69, 9.17) is 14.9 Å². The van der Waals surface area contributed by atoms with Crippen LogP contribution in [-0.2, 0) is 14.6 Å². The number of benzene rings is 2. The van der Waals surface area contributed by atoms with Crippen LogP contribution in [0.2, 0.25) is 0 Å². The summed E-state index contributed by atoms with van der Waals surface area (Å²) in [6.45, 7) is 1.82. The summed E-state index contributed by atoms with van der Waals surface area (Å²) in [5.41, 5.74) is 7.37. The van der Waals surface area contributed by atoms with Crippen LogP contribution < -0.4 is 5.73 Å². The van der Waals surface area contributed by atoms with E-state index in [0.29, 0.717) is 11.1 Å². The van der Waals surface area contributed by atoms with Crippen LogP contribution in [0.15, 0.2) is 65.1 Å². The second-order valence-corrected chi connectivity index (χ2v) is 8.63. The molecule has 0 saturated heterocycles. The molecule has 6 nitrogen and oxygen atoms in total. The molecule has 2 atom stereocenters. The molecule has 0 radical (unpaired) electrons. The lowest BCUT2D eigenvalue weighted by atomic mass is 9.98. The third kappa shape index (κ3) is 2.70. The Labute approximate surface area is 162 Å². The molecule has 0 amide bonds. The van der Waals surface area contributed by atoms with Crippen LogP contribution in [0.4, 0.5) is 5.88 Å². The molecule has 144 valence electrons. The Hall–Kier alpha value is -3.06. The minimum atomic E-state index is -3.79. The van der Waals surface area contributed by atoms with Crippen LogP contribution >= 0.6 is 0 Å². The molecule has 4 rings (SSSR count). The number of rotatable bonds is 4. The van der Waals surface area contributed by atoms with Crippen molar-refractivity contribution in [2.24, 2.45) is 0 Å². The normalized spacial score (nSPS) is 19.9. The highest BCUT2D eigenvalue weighted by Gasteiger charge is 2.52. The molecular weight excluding hydrogens is 378 g/mol. The number of fused-ring (bicyclic) bond motifs is 1. The van der Waals surface area contributed by atoms with Crippen molar-refractivity contribution in [2.75, 3.05) is 12.3 Å². The summed E-state index contributed by atoms with van der Waals surface area (Å²) in [5.74, 6) is -0.629. The Kier molecular flexibility index (Phi) is 4.47. The highest BCUT2D eigenvalue weighted by Crippen LogP contribution is 2.54. The number of furan rings is 1. The Morgan fingerprint density at radius 3 is 2.07 bits per heavy atom. The van der Waals surface area contributed by atoms with Crippen molar-refractivity contribution in [1.29, 1.82) is 0 Å². The Morgan fingerprint density at radius 2 is 1.54 bits per heavy atom. The molecular formula is C21H19NO5S. The highest BCUT2D eigenvalue weighted by atomic mass is 32.2. The second-order valence-electron chi connectivity index (χ2n) is 6.51. The lowest BCUT2D eigenvalue weighted by molar-refractivity contribution is 0.0526. The van der Waals surface area contributed by atoms with Gasteiger partial charge < -0.3 is 14.9 Å². The number of hydrogen-bond donors (Lipinski definition) is 1. The van der Waals surface area contributed by atoms with Crippen molar-refractivity contribution in [2.45, 2.75) is 17.4 Å². The van der Waals surface area contributed by atoms with Crippen molar-refractivity contribution < 1.29 is 22.4 Å². The molecule has 0 aliphatic carbocycles. The smallest absolute Gasteiger partial charge is 0.344 e. The first kappa shape index (κ1) is 18.3. The maximum absolute atomic E-state index is 13.6. The molecule has 2 aromatic carbocycles. The molecule has 0 fully saturated rings. The molecule has 1 aliphatic rings. The first-order chi connectivity index (χ1) is 13.5. The minimum Gasteiger partial charge on any atom is -0.462 e. The number of esters is 1. The van der Waals surface area contributed by atoms with E-state index in [9.17, 15) is 13.2 Å². The van der Waals surface area contributed by atoms with E-state index in [1.54, 1.807) is 67.6 Å². The van der Waals surface area contributed by atoms with Gasteiger partial charge in [0.25, 0.3) is 0 Å². The van der Waals surface area contributed by atoms with Crippen LogP contribution in [0.3, 0.4) is 0 Å². The van der Waals surface area contributed by atoms with E-state index in [2.05, 4.69) is 0 Å². The number of nitrogen functional groups attached to an aromatic ring is 1. The van der Waals surface area contributed by atoms with E-state index in [1.807, 2.05) is 0 Å². The fraction of sp³-hybridized carbons (Fsp3) is 0.190. The molecule has 2 heterocycles. The van der Waals surface area contributed by atoms with Crippen LogP contribution in [0.25, 0.3) is 0 Å². The van der Waals surface area contributed by atoms with Gasteiger partial charge in [0.15, 0.2) is 9.84 Å². The molecule has 0 bridgehead atoms. The van der Waals surface area contributed by atoms with Gasteiger partial charge in [0, 0.05) is 5.56 Å². The summed E-state index contributed by atoms with van der Waals surface area (Å²) in [5, 5.41) is -2.10. The van der Waals surface area contributed by atoms with Gasteiger partial charge in [-0.05, 0) is 18.1 Å². The SMILES string of the molecule is CCOC(=O)c1c(N)oc2c1C(c1ccccc1)S(=O)(=O)C2c1ccccc1. The molecule has 3 aromatic rings. The highest BCUT2D eigenvalue weighted by molar-refractivity contribution is 7.92. The number of carbonyl (C=O) groups excluding carboxylic acids is 1. The molecule has 1 aromatic heterocycles. The summed E-state index contributed by atoms with van der Waals surface area (Å²) in [6.07, 6.45) is 0. The molecule has 2 unspecified atom stereocenters. The number of sulfone groups is 1. The van der Waals surface area contributed by atoms with E-state index in [0.717, 1.165) is 0 Å². The summed E-state index contributed by atoms with van der Waals surface area (Å²) >= 11 is 0. The fourth-order valence-corrected chi connectivity index (χ4v) is 6.13. The first-order valence-electron chi connectivity index (χ1n) is 8.88. The van der Waals surface area contributed by atoms with Crippen molar-refractivity contribution >= 4 is 21.7 Å². The Bertz CT molecular complexity index is 1120. The van der Waals surface area contributed by atoms with Gasteiger partial charge in [-0.3, -0.25) is 0 Å². The van der Waals surface area contributed by atoms with Crippen molar-refractivity contribution in [3.63, 3.8) is 0 Å². The van der Waals surface area contributed by atoms with Gasteiger partial charge >= 0.3 is 5.97 Å². The predicted octanol–water partition coefficient (Wildman–Crippen LogP) is 3.65. The van der Waals surface area contributed by atoms with Crippen LogP contribution in [0, 0.1) is 0 Å². The summed E-state index contributed by atoms with van der Waals surface area (Å²) in [7, 11) is -3.79. The standard InChI is InChI=1S/C21H19NO5S/c1-2-26-21(23)16-15-17(27-20(16)22)19(14-11-7-4-8-12-14)28(24,25)18(15)13-9-5-3-6-10-13/h3-12,18-19H,2,22H2,1H3. The molecule has 0 spiro atoms. The maximum Gasteiger partial charge on any atom is 0.344 e. The second kappa shape index (κ2) is 6.83. The Balaban J connectivity index is 2.01. The summed E-state index contributed by atoms with van der Waals surface area (Å²) in [4.78, 5) is 12.6. The third-order valence-electron chi connectivity index (χ3n) is 4.84. The van der Waals surface area contributed by atoms with Gasteiger partial charge in [0.2, 0.25) is 5.88 Å². The van der Waals surface area contributed by atoms with Crippen LogP contribution in [-0.4, -0.2) is 21.0 Å². The number of hydrogen-bond acceptors (Lipinski definition) is 6. The molecule has 28 heavy (non-hydrogen) atoms. The van der Waals surface area contributed by atoms with Crippen molar-refractivity contribution in [3.05, 3.63) is 88.7 Å². The van der Waals surface area contributed by atoms with Gasteiger partial charge in [-0.2, -0.15) is 0 Å². The third-order valence-corrected chi connectivity index (χ3v) is 7.15. The van der Waals surface area contributed by atoms with E-state index in [-0.39, 0.29) is 29.4 Å². The molecule has 1 aliphatic heterocycles. The van der Waals surface area contributed by atoms with Crippen molar-refractivity contribution in [1.82, 2.24) is 0 Å². The van der Waals surface area contributed by atoms with Crippen LogP contribution in [0.1, 0.15) is 50.2 Å².